The van der Waals surface area contributed by atoms with Gasteiger partial charge in [0.2, 0.25) is 0 Å². The second-order valence-corrected chi connectivity index (χ2v) is 11.7. The van der Waals surface area contributed by atoms with E-state index in [9.17, 15) is 4.79 Å². The fourth-order valence-electron chi connectivity index (χ4n) is 4.04. The number of amides is 1. The number of benzene rings is 2. The molecule has 0 saturated carbocycles. The predicted octanol–water partition coefficient (Wildman–Crippen LogP) is 8.32. The van der Waals surface area contributed by atoms with Gasteiger partial charge in [0.1, 0.15) is 5.00 Å². The van der Waals surface area contributed by atoms with E-state index in [4.69, 9.17) is 16.6 Å². The molecule has 1 aliphatic carbocycles. The van der Waals surface area contributed by atoms with Crippen molar-refractivity contribution in [3.05, 3.63) is 79.6 Å². The number of carbonyl (C=O) groups excluding carboxylic acids is 1. The van der Waals surface area contributed by atoms with E-state index in [-0.39, 0.29) is 11.3 Å². The van der Waals surface area contributed by atoms with Crippen molar-refractivity contribution in [2.45, 2.75) is 40.0 Å². The highest BCUT2D eigenvalue weighted by Crippen LogP contribution is 2.45. The number of hydrogen-bond donors (Lipinski definition) is 1. The van der Waals surface area contributed by atoms with E-state index in [0.29, 0.717) is 16.5 Å². The van der Waals surface area contributed by atoms with Crippen LogP contribution in [0.4, 0.5) is 10.7 Å². The average Bonchev–Trinajstić information content (AvgIpc) is 3.12. The first-order valence-corrected chi connectivity index (χ1v) is 12.7. The topological polar surface area (TPSA) is 41.5 Å². The van der Waals surface area contributed by atoms with E-state index in [1.165, 1.54) is 4.88 Å². The fourth-order valence-corrected chi connectivity index (χ4v) is 5.70. The molecule has 1 atom stereocenters. The summed E-state index contributed by atoms with van der Waals surface area (Å²) in [5.41, 5.74) is 3.83. The van der Waals surface area contributed by atoms with Crippen LogP contribution in [-0.4, -0.2) is 12.1 Å². The lowest BCUT2D eigenvalue weighted by atomic mass is 9.72. The highest BCUT2D eigenvalue weighted by molar-refractivity contribution is 9.10. The Labute approximate surface area is 207 Å². The first-order valence-electron chi connectivity index (χ1n) is 10.7. The molecule has 4 rings (SSSR count). The van der Waals surface area contributed by atoms with Gasteiger partial charge < -0.3 is 5.32 Å². The number of halogens is 2. The standard InChI is InChI=1S/C26H26BrClN2OS/c1-26(2,3)17-6-13-21-22(14-17)32-25(29-15-16-4-7-18(27)8-5-16)23(21)24(31)30-20-11-9-19(28)10-12-20/h4-5,7-12,15,17H,6,13-14H2,1-3H3,(H,30,31)/t17-/m1/s1. The monoisotopic (exact) mass is 528 g/mol. The molecule has 1 amide bonds. The molecular formula is C26H26BrClN2OS. The van der Waals surface area contributed by atoms with Crippen molar-refractivity contribution in [1.82, 2.24) is 0 Å². The highest BCUT2D eigenvalue weighted by atomic mass is 79.9. The molecule has 0 aliphatic heterocycles. The number of fused-ring (bicyclic) bond motifs is 1. The van der Waals surface area contributed by atoms with Gasteiger partial charge in [-0.25, -0.2) is 4.99 Å². The van der Waals surface area contributed by atoms with Gasteiger partial charge in [-0.2, -0.15) is 0 Å². The van der Waals surface area contributed by atoms with Crippen LogP contribution >= 0.6 is 38.9 Å². The minimum absolute atomic E-state index is 0.109. The van der Waals surface area contributed by atoms with Crippen LogP contribution in [0.1, 0.15) is 53.6 Å². The van der Waals surface area contributed by atoms with Crippen molar-refractivity contribution < 1.29 is 4.79 Å². The number of thiophene rings is 1. The zero-order valence-corrected chi connectivity index (χ0v) is 21.6. The predicted molar refractivity (Wildman–Crippen MR) is 140 cm³/mol. The second kappa shape index (κ2) is 9.50. The van der Waals surface area contributed by atoms with Gasteiger partial charge in [-0.3, -0.25) is 4.79 Å². The molecule has 1 aromatic heterocycles. The number of nitrogens with one attached hydrogen (secondary N) is 1. The Bertz CT molecular complexity index is 1140. The average molecular weight is 530 g/mol. The molecule has 0 bridgehead atoms. The van der Waals surface area contributed by atoms with Gasteiger partial charge in [-0.05, 0) is 78.1 Å². The third-order valence-corrected chi connectivity index (χ3v) is 7.94. The zero-order valence-electron chi connectivity index (χ0n) is 18.4. The van der Waals surface area contributed by atoms with Crippen LogP contribution in [0.15, 0.2) is 58.0 Å². The Morgan fingerprint density at radius 2 is 1.84 bits per heavy atom. The summed E-state index contributed by atoms with van der Waals surface area (Å²) in [7, 11) is 0. The van der Waals surface area contributed by atoms with E-state index in [2.05, 4.69) is 42.0 Å². The van der Waals surface area contributed by atoms with E-state index in [1.54, 1.807) is 23.5 Å². The number of hydrogen-bond acceptors (Lipinski definition) is 3. The normalized spacial score (nSPS) is 16.2. The molecular weight excluding hydrogens is 504 g/mol. The van der Waals surface area contributed by atoms with Gasteiger partial charge in [-0.1, -0.05) is 60.4 Å². The summed E-state index contributed by atoms with van der Waals surface area (Å²) in [5, 5.41) is 4.46. The summed E-state index contributed by atoms with van der Waals surface area (Å²) >= 11 is 11.1. The van der Waals surface area contributed by atoms with Crippen molar-refractivity contribution >= 4 is 61.7 Å². The van der Waals surface area contributed by atoms with Gasteiger partial charge in [0.25, 0.3) is 5.91 Å². The molecule has 2 aromatic carbocycles. The fraction of sp³-hybridized carbons (Fsp3) is 0.308. The molecule has 1 aliphatic rings. The van der Waals surface area contributed by atoms with E-state index in [1.807, 2.05) is 42.6 Å². The maximum atomic E-state index is 13.4. The van der Waals surface area contributed by atoms with Crippen LogP contribution in [0.5, 0.6) is 0 Å². The van der Waals surface area contributed by atoms with Crippen molar-refractivity contribution in [3.63, 3.8) is 0 Å². The smallest absolute Gasteiger partial charge is 0.259 e. The molecule has 6 heteroatoms. The Morgan fingerprint density at radius 3 is 2.50 bits per heavy atom. The SMILES string of the molecule is CC(C)(C)[C@@H]1CCc2c(sc(N=Cc3ccc(Br)cc3)c2C(=O)Nc2ccc(Cl)cc2)C1. The maximum Gasteiger partial charge on any atom is 0.259 e. The summed E-state index contributed by atoms with van der Waals surface area (Å²) in [4.78, 5) is 19.4. The van der Waals surface area contributed by atoms with Crippen LogP contribution in [0, 0.1) is 11.3 Å². The third kappa shape index (κ3) is 5.33. The summed E-state index contributed by atoms with van der Waals surface area (Å²) in [6, 6.07) is 15.2. The number of rotatable bonds is 4. The molecule has 1 heterocycles. The van der Waals surface area contributed by atoms with Crippen molar-refractivity contribution in [2.24, 2.45) is 16.3 Å². The minimum Gasteiger partial charge on any atom is -0.322 e. The van der Waals surface area contributed by atoms with E-state index >= 15 is 0 Å². The third-order valence-electron chi connectivity index (χ3n) is 6.00. The molecule has 0 unspecified atom stereocenters. The molecule has 0 saturated heterocycles. The lowest BCUT2D eigenvalue weighted by molar-refractivity contribution is 0.102. The lowest BCUT2D eigenvalue weighted by Gasteiger charge is -2.33. The molecule has 3 nitrogen and oxygen atoms in total. The lowest BCUT2D eigenvalue weighted by Crippen LogP contribution is -2.27. The van der Waals surface area contributed by atoms with Crippen LogP contribution in [0.2, 0.25) is 5.02 Å². The minimum atomic E-state index is -0.109. The Balaban J connectivity index is 1.69. The van der Waals surface area contributed by atoms with Gasteiger partial charge in [0.15, 0.2) is 0 Å². The molecule has 3 aromatic rings. The molecule has 166 valence electrons. The largest absolute Gasteiger partial charge is 0.322 e. The summed E-state index contributed by atoms with van der Waals surface area (Å²) in [5.74, 6) is 0.492. The van der Waals surface area contributed by atoms with Crippen LogP contribution in [-0.2, 0) is 12.8 Å². The van der Waals surface area contributed by atoms with Crippen molar-refractivity contribution in [3.8, 4) is 0 Å². The Morgan fingerprint density at radius 1 is 1.16 bits per heavy atom. The first-order chi connectivity index (χ1) is 15.2. The number of carbonyl (C=O) groups is 1. The summed E-state index contributed by atoms with van der Waals surface area (Å²) in [6.07, 6.45) is 4.83. The molecule has 32 heavy (non-hydrogen) atoms. The molecule has 1 N–H and O–H groups in total. The first kappa shape index (κ1) is 23.2. The summed E-state index contributed by atoms with van der Waals surface area (Å²) < 4.78 is 1.03. The van der Waals surface area contributed by atoms with Gasteiger partial charge in [0, 0.05) is 26.3 Å². The second-order valence-electron chi connectivity index (χ2n) is 9.26. The van der Waals surface area contributed by atoms with Crippen LogP contribution in [0.25, 0.3) is 0 Å². The molecule has 0 fully saturated rings. The van der Waals surface area contributed by atoms with E-state index < -0.39 is 0 Å². The van der Waals surface area contributed by atoms with Crippen LogP contribution < -0.4 is 5.32 Å². The van der Waals surface area contributed by atoms with E-state index in [0.717, 1.165) is 45.6 Å². The highest BCUT2D eigenvalue weighted by Gasteiger charge is 2.33. The number of anilines is 1. The maximum absolute atomic E-state index is 13.4. The van der Waals surface area contributed by atoms with Crippen LogP contribution in [0.3, 0.4) is 0 Å². The Hall–Kier alpha value is -1.95. The van der Waals surface area contributed by atoms with Gasteiger partial charge >= 0.3 is 0 Å². The number of aliphatic imine (C=N–C) groups is 1. The zero-order chi connectivity index (χ0) is 22.9. The summed E-state index contributed by atoms with van der Waals surface area (Å²) in [6.45, 7) is 6.91. The van der Waals surface area contributed by atoms with Gasteiger partial charge in [0.05, 0.1) is 5.56 Å². The Kier molecular flexibility index (Phi) is 6.89. The van der Waals surface area contributed by atoms with Gasteiger partial charge in [-0.15, -0.1) is 11.3 Å². The van der Waals surface area contributed by atoms with Crippen molar-refractivity contribution in [2.75, 3.05) is 5.32 Å². The number of nitrogens with zero attached hydrogens (tertiary/aromatic N) is 1. The molecule has 0 spiro atoms. The molecule has 0 radical (unpaired) electrons. The quantitative estimate of drug-likeness (QED) is 0.339. The van der Waals surface area contributed by atoms with Crippen molar-refractivity contribution in [1.29, 1.82) is 0 Å².